The molecule has 0 unspecified atom stereocenters. The zero-order chi connectivity index (χ0) is 14.5. The topological polar surface area (TPSA) is 72.8 Å². The van der Waals surface area contributed by atoms with Crippen LogP contribution in [0.2, 0.25) is 0 Å². The second-order valence-corrected chi connectivity index (χ2v) is 5.29. The fourth-order valence-corrected chi connectivity index (χ4v) is 2.25. The van der Waals surface area contributed by atoms with Crippen molar-refractivity contribution in [1.82, 2.24) is 9.97 Å². The highest BCUT2D eigenvalue weighted by atomic mass is 79.9. The van der Waals surface area contributed by atoms with Gasteiger partial charge in [-0.3, -0.25) is 4.98 Å². The molecule has 1 heterocycles. The van der Waals surface area contributed by atoms with Gasteiger partial charge >= 0.3 is 5.69 Å². The summed E-state index contributed by atoms with van der Waals surface area (Å²) < 4.78 is 1.04. The molecule has 0 spiro atoms. The van der Waals surface area contributed by atoms with Gasteiger partial charge in [-0.1, -0.05) is 28.1 Å². The first-order valence-corrected chi connectivity index (χ1v) is 6.85. The molecule has 0 fully saturated rings. The summed E-state index contributed by atoms with van der Waals surface area (Å²) in [6.07, 6.45) is 0.826. The van der Waals surface area contributed by atoms with Crippen LogP contribution >= 0.6 is 15.9 Å². The summed E-state index contributed by atoms with van der Waals surface area (Å²) in [5, 5.41) is 8.84. The Bertz CT molecular complexity index is 705. The van der Waals surface area contributed by atoms with Crippen LogP contribution in [0, 0.1) is 11.3 Å². The lowest BCUT2D eigenvalue weighted by Crippen LogP contribution is -2.25. The Hall–Kier alpha value is -2.13. The normalized spacial score (nSPS) is 10.1. The Morgan fingerprint density at radius 3 is 2.95 bits per heavy atom. The molecular formula is C14H13BrN4O. The van der Waals surface area contributed by atoms with Gasteiger partial charge in [0.25, 0.3) is 0 Å². The van der Waals surface area contributed by atoms with Crippen molar-refractivity contribution in [2.75, 3.05) is 18.5 Å². The van der Waals surface area contributed by atoms with E-state index in [9.17, 15) is 4.79 Å². The molecule has 0 radical (unpaired) electrons. The molecule has 0 saturated heterocycles. The number of likely N-dealkylation sites (N-methyl/N-ethyl adjacent to an activating group) is 1. The van der Waals surface area contributed by atoms with Gasteiger partial charge in [0.05, 0.1) is 0 Å². The molecule has 102 valence electrons. The van der Waals surface area contributed by atoms with E-state index in [0.29, 0.717) is 12.4 Å². The maximum Gasteiger partial charge on any atom is 0.347 e. The van der Waals surface area contributed by atoms with Crippen LogP contribution in [-0.4, -0.2) is 23.6 Å². The minimum atomic E-state index is -0.506. The first kappa shape index (κ1) is 14.3. The van der Waals surface area contributed by atoms with Crippen molar-refractivity contribution < 1.29 is 0 Å². The zero-order valence-electron chi connectivity index (χ0n) is 10.9. The predicted molar refractivity (Wildman–Crippen MR) is 80.7 cm³/mol. The number of anilines is 1. The lowest BCUT2D eigenvalue weighted by atomic mass is 10.1. The quantitative estimate of drug-likeness (QED) is 0.930. The van der Waals surface area contributed by atoms with Crippen molar-refractivity contribution in [3.8, 4) is 6.07 Å². The number of benzene rings is 1. The van der Waals surface area contributed by atoms with E-state index in [1.807, 2.05) is 36.2 Å². The third-order valence-corrected chi connectivity index (χ3v) is 3.36. The van der Waals surface area contributed by atoms with Crippen molar-refractivity contribution >= 4 is 21.7 Å². The number of rotatable bonds is 4. The van der Waals surface area contributed by atoms with E-state index in [4.69, 9.17) is 5.26 Å². The number of nitrogens with one attached hydrogen (secondary N) is 1. The monoisotopic (exact) mass is 332 g/mol. The Morgan fingerprint density at radius 1 is 1.45 bits per heavy atom. The van der Waals surface area contributed by atoms with E-state index in [0.717, 1.165) is 10.9 Å². The first-order chi connectivity index (χ1) is 9.58. The third-order valence-electron chi connectivity index (χ3n) is 2.87. The molecule has 2 rings (SSSR count). The van der Waals surface area contributed by atoms with Crippen molar-refractivity contribution in [1.29, 1.82) is 5.26 Å². The average molecular weight is 333 g/mol. The second-order valence-electron chi connectivity index (χ2n) is 4.37. The van der Waals surface area contributed by atoms with Gasteiger partial charge < -0.3 is 4.90 Å². The van der Waals surface area contributed by atoms with E-state index in [1.54, 1.807) is 6.07 Å². The predicted octanol–water partition coefficient (Wildman–Crippen LogP) is 2.08. The minimum absolute atomic E-state index is 0.217. The van der Waals surface area contributed by atoms with Gasteiger partial charge in [-0.25, -0.2) is 4.79 Å². The van der Waals surface area contributed by atoms with E-state index >= 15 is 0 Å². The molecule has 0 saturated carbocycles. The molecule has 20 heavy (non-hydrogen) atoms. The Balaban J connectivity index is 2.09. The van der Waals surface area contributed by atoms with Crippen LogP contribution in [0.5, 0.6) is 0 Å². The van der Waals surface area contributed by atoms with Gasteiger partial charge in [0.15, 0.2) is 0 Å². The van der Waals surface area contributed by atoms with E-state index < -0.39 is 5.69 Å². The van der Waals surface area contributed by atoms with Crippen molar-refractivity contribution in [3.63, 3.8) is 0 Å². The first-order valence-electron chi connectivity index (χ1n) is 6.05. The molecule has 5 nitrogen and oxygen atoms in total. The molecule has 1 aromatic carbocycles. The largest absolute Gasteiger partial charge is 0.359 e. The van der Waals surface area contributed by atoms with Gasteiger partial charge in [0.2, 0.25) is 0 Å². The molecule has 0 bridgehead atoms. The lowest BCUT2D eigenvalue weighted by molar-refractivity contribution is 0.847. The van der Waals surface area contributed by atoms with Crippen LogP contribution < -0.4 is 10.6 Å². The number of nitrogens with zero attached hydrogens (tertiary/aromatic N) is 3. The number of H-pyrrole nitrogens is 1. The van der Waals surface area contributed by atoms with Crippen LogP contribution in [0.3, 0.4) is 0 Å². The molecule has 0 aliphatic heterocycles. The number of hydrogen-bond acceptors (Lipinski definition) is 4. The van der Waals surface area contributed by atoms with Crippen LogP contribution in [-0.2, 0) is 6.42 Å². The molecule has 0 aliphatic carbocycles. The van der Waals surface area contributed by atoms with Crippen LogP contribution in [0.25, 0.3) is 0 Å². The van der Waals surface area contributed by atoms with E-state index in [2.05, 4.69) is 32.0 Å². The highest BCUT2D eigenvalue weighted by Gasteiger charge is 2.06. The molecule has 1 aromatic heterocycles. The van der Waals surface area contributed by atoms with Crippen molar-refractivity contribution in [2.24, 2.45) is 0 Å². The summed E-state index contributed by atoms with van der Waals surface area (Å²) >= 11 is 3.44. The van der Waals surface area contributed by atoms with Crippen LogP contribution in [0.4, 0.5) is 5.82 Å². The van der Waals surface area contributed by atoms with Gasteiger partial charge in [0, 0.05) is 24.1 Å². The van der Waals surface area contributed by atoms with Crippen molar-refractivity contribution in [2.45, 2.75) is 6.42 Å². The minimum Gasteiger partial charge on any atom is -0.359 e. The number of nitriles is 1. The smallest absolute Gasteiger partial charge is 0.347 e. The molecule has 1 N–H and O–H groups in total. The fraction of sp³-hybridized carbons (Fsp3) is 0.214. The Morgan fingerprint density at radius 2 is 2.25 bits per heavy atom. The SMILES string of the molecule is CN(CCc1cccc(Br)c1)c1cc(C#N)[nH]c(=O)n1. The molecule has 2 aromatic rings. The standard InChI is InChI=1S/C14H13BrN4O/c1-19(6-5-10-3-2-4-11(15)7-10)13-8-12(9-16)17-14(20)18-13/h2-4,7-8H,5-6H2,1H3,(H,17,18,20). The van der Waals surface area contributed by atoms with Gasteiger partial charge in [-0.05, 0) is 24.1 Å². The lowest BCUT2D eigenvalue weighted by Gasteiger charge is -2.17. The molecule has 0 amide bonds. The summed E-state index contributed by atoms with van der Waals surface area (Å²) in [5.74, 6) is 0.500. The summed E-state index contributed by atoms with van der Waals surface area (Å²) in [6.45, 7) is 0.706. The number of halogens is 1. The fourth-order valence-electron chi connectivity index (χ4n) is 1.80. The summed E-state index contributed by atoms with van der Waals surface area (Å²) in [5.41, 5.74) is 0.902. The number of aromatic nitrogens is 2. The Kier molecular flexibility index (Phi) is 4.53. The van der Waals surface area contributed by atoms with Crippen LogP contribution in [0.1, 0.15) is 11.3 Å². The second kappa shape index (κ2) is 6.35. The highest BCUT2D eigenvalue weighted by Crippen LogP contribution is 2.13. The maximum absolute atomic E-state index is 11.3. The summed E-state index contributed by atoms with van der Waals surface area (Å²) in [6, 6.07) is 11.6. The van der Waals surface area contributed by atoms with Crippen molar-refractivity contribution in [3.05, 3.63) is 56.5 Å². The van der Waals surface area contributed by atoms with Gasteiger partial charge in [0.1, 0.15) is 17.6 Å². The average Bonchev–Trinajstić information content (AvgIpc) is 2.44. The number of aromatic amines is 1. The Labute approximate surface area is 125 Å². The molecule has 0 atom stereocenters. The molecule has 6 heteroatoms. The van der Waals surface area contributed by atoms with Gasteiger partial charge in [-0.2, -0.15) is 10.2 Å². The highest BCUT2D eigenvalue weighted by molar-refractivity contribution is 9.10. The zero-order valence-corrected chi connectivity index (χ0v) is 12.5. The summed E-state index contributed by atoms with van der Waals surface area (Å²) in [7, 11) is 1.85. The molecule has 0 aliphatic rings. The van der Waals surface area contributed by atoms with Crippen LogP contribution in [0.15, 0.2) is 39.6 Å². The molecular weight excluding hydrogens is 320 g/mol. The number of hydrogen-bond donors (Lipinski definition) is 1. The van der Waals surface area contributed by atoms with E-state index in [-0.39, 0.29) is 5.69 Å². The van der Waals surface area contributed by atoms with E-state index in [1.165, 1.54) is 5.56 Å². The van der Waals surface area contributed by atoms with Gasteiger partial charge in [-0.15, -0.1) is 0 Å². The summed E-state index contributed by atoms with van der Waals surface area (Å²) in [4.78, 5) is 19.4. The maximum atomic E-state index is 11.3. The third kappa shape index (κ3) is 3.68.